The second-order valence-electron chi connectivity index (χ2n) is 18.9. The van der Waals surface area contributed by atoms with Gasteiger partial charge in [0.25, 0.3) is 0 Å². The average Bonchev–Trinajstić information content (AvgIpc) is 4.00. The number of hydrogen-bond acceptors (Lipinski definition) is 14. The van der Waals surface area contributed by atoms with Crippen molar-refractivity contribution in [2.45, 2.75) is 158 Å². The van der Waals surface area contributed by atoms with Crippen LogP contribution in [0.2, 0.25) is 0 Å². The monoisotopic (exact) mass is 1050 g/mol. The van der Waals surface area contributed by atoms with Gasteiger partial charge in [-0.25, -0.2) is 0 Å². The molecule has 0 bridgehead atoms. The van der Waals surface area contributed by atoms with Gasteiger partial charge in [-0.2, -0.15) is 0 Å². The molecule has 0 saturated carbocycles. The minimum Gasteiger partial charge on any atom is -0.508 e. The zero-order valence-corrected chi connectivity index (χ0v) is 45.8. The molecule has 2 aromatic rings. The number of amides is 9. The number of phenolic OH excluding ortho intramolecular Hbond substituents is 1. The highest BCUT2D eigenvalue weighted by Gasteiger charge is 2.42. The number of aromatic hydroxyl groups is 1. The molecule has 1 aromatic heterocycles. The molecule has 2 aliphatic heterocycles. The lowest BCUT2D eigenvalue weighted by Gasteiger charge is -2.32. The summed E-state index contributed by atoms with van der Waals surface area (Å²) in [5.74, 6) is -9.17. The van der Waals surface area contributed by atoms with Crippen LogP contribution in [-0.4, -0.2) is 166 Å². The number of fused-ring (bicyclic) bond motifs is 2. The van der Waals surface area contributed by atoms with E-state index in [0.717, 1.165) is 12.0 Å². The van der Waals surface area contributed by atoms with E-state index in [9.17, 15) is 58.5 Å². The van der Waals surface area contributed by atoms with Gasteiger partial charge in [-0.05, 0) is 43.2 Å². The fourth-order valence-corrected chi connectivity index (χ4v) is 7.47. The Morgan fingerprint density at radius 1 is 0.811 bits per heavy atom. The van der Waals surface area contributed by atoms with Gasteiger partial charge < -0.3 is 78.6 Å². The molecule has 74 heavy (non-hydrogen) atoms. The number of benzene rings is 1. The number of rotatable bonds is 10. The lowest BCUT2D eigenvalue weighted by Crippen LogP contribution is -2.61. The van der Waals surface area contributed by atoms with Gasteiger partial charge in [0.05, 0.1) is 37.7 Å². The van der Waals surface area contributed by atoms with Crippen molar-refractivity contribution in [2.75, 3.05) is 45.7 Å². The summed E-state index contributed by atoms with van der Waals surface area (Å²) in [6.07, 6.45) is -1.73. The van der Waals surface area contributed by atoms with Crippen molar-refractivity contribution in [3.8, 4) is 5.75 Å². The number of phenols is 1. The summed E-state index contributed by atoms with van der Waals surface area (Å²) in [6, 6.07) is -4.02. The highest BCUT2D eigenvalue weighted by Crippen LogP contribution is 2.30. The van der Waals surface area contributed by atoms with Crippen molar-refractivity contribution >= 4 is 69.9 Å². The predicted octanol–water partition coefficient (Wildman–Crippen LogP) is -0.237. The number of nitrogens with one attached hydrogen (secondary N) is 9. The van der Waals surface area contributed by atoms with Gasteiger partial charge in [-0.3, -0.25) is 43.2 Å². The number of aliphatic hydroxyl groups is 3. The molecule has 2 fully saturated rings. The van der Waals surface area contributed by atoms with E-state index in [1.165, 1.54) is 26.0 Å². The largest absolute Gasteiger partial charge is 0.508 e. The Morgan fingerprint density at radius 2 is 1.36 bits per heavy atom. The number of aliphatic hydroxyl groups excluding tert-OH is 3. The summed E-state index contributed by atoms with van der Waals surface area (Å²) < 4.78 is 0. The van der Waals surface area contributed by atoms with Crippen LogP contribution in [0.25, 0.3) is 10.9 Å². The lowest BCUT2D eigenvalue weighted by atomic mass is 9.93. The summed E-state index contributed by atoms with van der Waals surface area (Å²) in [4.78, 5) is 126. The highest BCUT2D eigenvalue weighted by atomic mass is 16.3. The van der Waals surface area contributed by atoms with Gasteiger partial charge in [0, 0.05) is 50.1 Å². The number of primary amides is 1. The maximum Gasteiger partial charge on any atom is 0.246 e. The van der Waals surface area contributed by atoms with Crippen LogP contribution in [0.4, 0.5) is 5.82 Å². The molecule has 24 heteroatoms. The van der Waals surface area contributed by atoms with Crippen LogP contribution in [0.3, 0.4) is 0 Å². The first-order valence-electron chi connectivity index (χ1n) is 25.2. The van der Waals surface area contributed by atoms with Gasteiger partial charge in [0.15, 0.2) is 0 Å². The van der Waals surface area contributed by atoms with E-state index in [-0.39, 0.29) is 31.6 Å². The summed E-state index contributed by atoms with van der Waals surface area (Å²) in [5, 5.41) is 58.7. The Kier molecular flexibility index (Phi) is 30.4. The van der Waals surface area contributed by atoms with E-state index >= 15 is 0 Å². The zero-order chi connectivity index (χ0) is 57.2. The third-order valence-corrected chi connectivity index (χ3v) is 11.4. The minimum absolute atomic E-state index is 0.0105. The van der Waals surface area contributed by atoms with Gasteiger partial charge in [-0.15, -0.1) is 0 Å². The smallest absolute Gasteiger partial charge is 0.246 e. The van der Waals surface area contributed by atoms with Crippen molar-refractivity contribution in [3.63, 3.8) is 0 Å². The Morgan fingerprint density at radius 3 is 1.91 bits per heavy atom. The Hall–Kier alpha value is -6.53. The maximum atomic E-state index is 14.4. The molecule has 9 atom stereocenters. The normalized spacial score (nSPS) is 22.7. The number of H-pyrrole nitrogens is 1. The molecule has 15 N–H and O–H groups in total. The van der Waals surface area contributed by atoms with Crippen LogP contribution in [-0.2, 0) is 49.6 Å². The molecule has 2 aliphatic rings. The maximum absolute atomic E-state index is 14.4. The van der Waals surface area contributed by atoms with E-state index in [1.54, 1.807) is 27.0 Å². The molecule has 0 spiro atoms. The van der Waals surface area contributed by atoms with E-state index < -0.39 is 133 Å². The number of nitrogens with two attached hydrogens (primary N) is 1. The second-order valence-corrected chi connectivity index (χ2v) is 18.9. The number of nitrogens with zero attached hydrogens (tertiary/aromatic N) is 1. The fourth-order valence-electron chi connectivity index (χ4n) is 7.47. The number of aromatic nitrogens is 1. The van der Waals surface area contributed by atoms with Crippen LogP contribution >= 0.6 is 0 Å². The fraction of sp³-hybridized carbons (Fsp3) is 0.660. The Labute approximate surface area is 435 Å². The number of carbonyl (C=O) groups excluding carboxylic acids is 9. The molecule has 9 amide bonds. The zero-order valence-electron chi connectivity index (χ0n) is 45.8. The van der Waals surface area contributed by atoms with Crippen LogP contribution in [0.1, 0.15) is 114 Å². The number of carbonyl (C=O) groups is 9. The standard InChI is InChI=1S/C40H59N11O12.C5H12.2C2H6.CH4O/c1-6-18(2)32-38(61)44-15-30(56)45-20(4)35(58)48-26(14-29(41)55)40(63)51-11-7-8-27(51)37(60)50-33(19(3)28(54)17-52)39(62)47-25(36(59)43-16-31(57)49-32)13-23-22-10-9-21(53)12-24(22)46-34(23)42-5;1-5(2,3)4;3*1-2/h9-10,12,18-20,25-28,32-33,42,46,52-54H,6-8,11,13-17H2,1-5H3,(H2,41,55)(H,43,59)(H,44,61)(H,45,56)(H,47,62)(H,48,58)(H,49,57)(H,50,60);1-4H3;2*1-2H3;2H,1H3/t18?,19-,20?,25?,26?,27?,28?,32?,33?;;;;/m0..../s1. The average molecular weight is 1050 g/mol. The molecule has 0 radical (unpaired) electrons. The summed E-state index contributed by atoms with van der Waals surface area (Å²) in [6.45, 7) is 20.7. The van der Waals surface area contributed by atoms with Crippen molar-refractivity contribution in [1.82, 2.24) is 47.1 Å². The molecule has 24 nitrogen and oxygen atoms in total. The summed E-state index contributed by atoms with van der Waals surface area (Å²) in [7, 11) is 2.60. The SMILES string of the molecule is CC.CC.CC(C)(C)C.CCC(C)C1NC(=O)CNC(=O)C(Cc2c(NC)[nH]c3cc(O)ccc23)NC(=O)C([C@@H](C)C(O)CO)NC(=O)C2CCCN2C(=O)C(CC(N)=O)NC(=O)C(C)NC(=O)CNC1=O.CO. The lowest BCUT2D eigenvalue weighted by molar-refractivity contribution is -0.144. The van der Waals surface area contributed by atoms with Crippen molar-refractivity contribution in [3.05, 3.63) is 23.8 Å². The third kappa shape index (κ3) is 21.5. The van der Waals surface area contributed by atoms with Crippen molar-refractivity contribution in [2.24, 2.45) is 23.0 Å². The Bertz CT molecular complexity index is 2160. The minimum atomic E-state index is -1.65. The highest BCUT2D eigenvalue weighted by molar-refractivity contribution is 5.99. The van der Waals surface area contributed by atoms with E-state index in [4.69, 9.17) is 10.8 Å². The number of hydrogen-bond donors (Lipinski definition) is 14. The Balaban J connectivity index is 0.00000445. The molecule has 0 aliphatic carbocycles. The molecule has 420 valence electrons. The molecule has 8 unspecified atom stereocenters. The molecular formula is C50H87N11O13. The topological polar surface area (TPSA) is 376 Å². The first kappa shape index (κ1) is 67.5. The van der Waals surface area contributed by atoms with E-state index in [2.05, 4.69) is 75.2 Å². The second kappa shape index (κ2) is 33.3. The number of anilines is 1. The van der Waals surface area contributed by atoms with Crippen LogP contribution in [0.5, 0.6) is 5.75 Å². The van der Waals surface area contributed by atoms with E-state index in [0.29, 0.717) is 34.1 Å². The summed E-state index contributed by atoms with van der Waals surface area (Å²) >= 11 is 0. The third-order valence-electron chi connectivity index (χ3n) is 11.4. The first-order valence-corrected chi connectivity index (χ1v) is 25.2. The summed E-state index contributed by atoms with van der Waals surface area (Å²) in [5.41, 5.74) is 6.88. The van der Waals surface area contributed by atoms with E-state index in [1.807, 2.05) is 27.7 Å². The molecule has 1 aromatic carbocycles. The van der Waals surface area contributed by atoms with Crippen LogP contribution in [0, 0.1) is 17.3 Å². The van der Waals surface area contributed by atoms with Gasteiger partial charge >= 0.3 is 0 Å². The molecule has 4 rings (SSSR count). The van der Waals surface area contributed by atoms with Crippen LogP contribution < -0.4 is 48.3 Å². The first-order chi connectivity index (χ1) is 34.8. The predicted molar refractivity (Wildman–Crippen MR) is 281 cm³/mol. The van der Waals surface area contributed by atoms with Gasteiger partial charge in [0.2, 0.25) is 53.2 Å². The molecular weight excluding hydrogens is 963 g/mol. The van der Waals surface area contributed by atoms with Crippen LogP contribution in [0.15, 0.2) is 18.2 Å². The van der Waals surface area contributed by atoms with Crippen molar-refractivity contribution < 1.29 is 63.6 Å². The molecule has 3 heterocycles. The van der Waals surface area contributed by atoms with Crippen molar-refractivity contribution in [1.29, 1.82) is 0 Å². The molecule has 2 saturated heterocycles. The van der Waals surface area contributed by atoms with Gasteiger partial charge in [-0.1, -0.05) is 82.6 Å². The quantitative estimate of drug-likeness (QED) is 0.146. The number of aromatic amines is 1. The van der Waals surface area contributed by atoms with Gasteiger partial charge in [0.1, 0.15) is 47.8 Å².